The molecule has 1 heterocycles. The Balaban J connectivity index is 2.53. The summed E-state index contributed by atoms with van der Waals surface area (Å²) < 4.78 is 0. The van der Waals surface area contributed by atoms with E-state index < -0.39 is 0 Å². The third kappa shape index (κ3) is 1.94. The smallest absolute Gasteiger partial charge is 0.326 e. The van der Waals surface area contributed by atoms with E-state index in [9.17, 15) is 4.79 Å². The van der Waals surface area contributed by atoms with E-state index in [1.807, 2.05) is 24.3 Å². The monoisotopic (exact) mass is 201 g/mol. The summed E-state index contributed by atoms with van der Waals surface area (Å²) >= 11 is 0. The SMILES string of the molecule is NCc1ccccc1-c1cnc(=O)[nH]c1. The lowest BCUT2D eigenvalue weighted by molar-refractivity contribution is 1.06. The maximum Gasteiger partial charge on any atom is 0.344 e. The van der Waals surface area contributed by atoms with Gasteiger partial charge < -0.3 is 10.7 Å². The number of nitrogens with one attached hydrogen (secondary N) is 1. The van der Waals surface area contributed by atoms with Crippen LogP contribution in [0.3, 0.4) is 0 Å². The van der Waals surface area contributed by atoms with E-state index in [0.717, 1.165) is 16.7 Å². The first kappa shape index (κ1) is 9.61. The predicted molar refractivity (Wildman–Crippen MR) is 58.2 cm³/mol. The van der Waals surface area contributed by atoms with E-state index in [1.54, 1.807) is 12.4 Å². The van der Waals surface area contributed by atoms with Gasteiger partial charge >= 0.3 is 5.69 Å². The van der Waals surface area contributed by atoms with Gasteiger partial charge in [-0.05, 0) is 11.1 Å². The zero-order valence-corrected chi connectivity index (χ0v) is 8.10. The first-order valence-electron chi connectivity index (χ1n) is 4.64. The van der Waals surface area contributed by atoms with Gasteiger partial charge in [0.2, 0.25) is 0 Å². The fourth-order valence-electron chi connectivity index (χ4n) is 1.47. The van der Waals surface area contributed by atoms with Gasteiger partial charge in [-0.2, -0.15) is 0 Å². The van der Waals surface area contributed by atoms with Crippen molar-refractivity contribution in [2.45, 2.75) is 6.54 Å². The molecule has 2 rings (SSSR count). The van der Waals surface area contributed by atoms with Crippen LogP contribution >= 0.6 is 0 Å². The molecule has 0 aliphatic heterocycles. The second-order valence-corrected chi connectivity index (χ2v) is 3.17. The molecule has 0 radical (unpaired) electrons. The average molecular weight is 201 g/mol. The summed E-state index contributed by atoms with van der Waals surface area (Å²) in [7, 11) is 0. The van der Waals surface area contributed by atoms with E-state index in [2.05, 4.69) is 9.97 Å². The summed E-state index contributed by atoms with van der Waals surface area (Å²) in [4.78, 5) is 17.0. The van der Waals surface area contributed by atoms with Gasteiger partial charge in [0, 0.05) is 24.5 Å². The third-order valence-electron chi connectivity index (χ3n) is 2.22. The zero-order valence-electron chi connectivity index (χ0n) is 8.10. The van der Waals surface area contributed by atoms with Crippen LogP contribution in [0.1, 0.15) is 5.56 Å². The second kappa shape index (κ2) is 4.06. The van der Waals surface area contributed by atoms with Gasteiger partial charge in [0.05, 0.1) is 0 Å². The molecule has 1 aromatic carbocycles. The fraction of sp³-hybridized carbons (Fsp3) is 0.0909. The first-order valence-corrected chi connectivity index (χ1v) is 4.64. The molecule has 0 aliphatic rings. The van der Waals surface area contributed by atoms with E-state index in [1.165, 1.54) is 0 Å². The summed E-state index contributed by atoms with van der Waals surface area (Å²) in [5.74, 6) is 0. The highest BCUT2D eigenvalue weighted by molar-refractivity contribution is 5.65. The molecule has 0 atom stereocenters. The van der Waals surface area contributed by atoms with Crippen molar-refractivity contribution in [2.75, 3.05) is 0 Å². The van der Waals surface area contributed by atoms with Crippen molar-refractivity contribution in [3.05, 3.63) is 52.7 Å². The van der Waals surface area contributed by atoms with Crippen LogP contribution in [-0.2, 0) is 6.54 Å². The Morgan fingerprint density at radius 3 is 2.80 bits per heavy atom. The van der Waals surface area contributed by atoms with Gasteiger partial charge in [-0.1, -0.05) is 24.3 Å². The largest absolute Gasteiger partial charge is 0.344 e. The molecule has 0 saturated carbocycles. The van der Waals surface area contributed by atoms with Gasteiger partial charge in [-0.3, -0.25) is 0 Å². The summed E-state index contributed by atoms with van der Waals surface area (Å²) in [6, 6.07) is 7.78. The highest BCUT2D eigenvalue weighted by atomic mass is 16.1. The average Bonchev–Trinajstić information content (AvgIpc) is 2.30. The van der Waals surface area contributed by atoms with Crippen LogP contribution in [0.5, 0.6) is 0 Å². The normalized spacial score (nSPS) is 10.2. The summed E-state index contributed by atoms with van der Waals surface area (Å²) in [5.41, 5.74) is 8.19. The molecule has 0 fully saturated rings. The number of H-pyrrole nitrogens is 1. The number of hydrogen-bond acceptors (Lipinski definition) is 3. The Labute approximate surface area is 86.8 Å². The lowest BCUT2D eigenvalue weighted by atomic mass is 10.0. The molecule has 2 aromatic rings. The number of nitrogens with zero attached hydrogens (tertiary/aromatic N) is 1. The molecule has 76 valence electrons. The topological polar surface area (TPSA) is 71.8 Å². The van der Waals surface area contributed by atoms with E-state index in [-0.39, 0.29) is 5.69 Å². The number of nitrogens with two attached hydrogens (primary N) is 1. The van der Waals surface area contributed by atoms with Crippen molar-refractivity contribution >= 4 is 0 Å². The summed E-state index contributed by atoms with van der Waals surface area (Å²) in [5, 5.41) is 0. The first-order chi connectivity index (χ1) is 7.31. The maximum atomic E-state index is 10.8. The van der Waals surface area contributed by atoms with E-state index >= 15 is 0 Å². The van der Waals surface area contributed by atoms with Gasteiger partial charge in [0.15, 0.2) is 0 Å². The van der Waals surface area contributed by atoms with Crippen LogP contribution in [0.25, 0.3) is 11.1 Å². The highest BCUT2D eigenvalue weighted by Gasteiger charge is 2.02. The molecular formula is C11H11N3O. The molecule has 4 nitrogen and oxygen atoms in total. The van der Waals surface area contributed by atoms with Crippen molar-refractivity contribution < 1.29 is 0 Å². The molecule has 0 aliphatic carbocycles. The highest BCUT2D eigenvalue weighted by Crippen LogP contribution is 2.20. The Morgan fingerprint density at radius 1 is 1.33 bits per heavy atom. The second-order valence-electron chi connectivity index (χ2n) is 3.17. The number of aromatic nitrogens is 2. The van der Waals surface area contributed by atoms with Crippen LogP contribution < -0.4 is 11.4 Å². The van der Waals surface area contributed by atoms with Crippen LogP contribution in [0.15, 0.2) is 41.5 Å². The van der Waals surface area contributed by atoms with Gasteiger partial charge in [0.1, 0.15) is 0 Å². The molecule has 0 spiro atoms. The Hall–Kier alpha value is -1.94. The number of aromatic amines is 1. The standard InChI is InChI=1S/C11H11N3O/c12-5-8-3-1-2-4-10(8)9-6-13-11(15)14-7-9/h1-4,6-7H,5,12H2,(H,13,14,15). The molecule has 0 saturated heterocycles. The number of hydrogen-bond donors (Lipinski definition) is 2. The minimum absolute atomic E-state index is 0.344. The van der Waals surface area contributed by atoms with Crippen LogP contribution in [0.2, 0.25) is 0 Å². The molecule has 0 amide bonds. The fourth-order valence-corrected chi connectivity index (χ4v) is 1.47. The number of rotatable bonds is 2. The Kier molecular flexibility index (Phi) is 2.60. The lowest BCUT2D eigenvalue weighted by Crippen LogP contribution is -2.08. The molecule has 0 unspecified atom stereocenters. The minimum Gasteiger partial charge on any atom is -0.326 e. The van der Waals surface area contributed by atoms with E-state index in [4.69, 9.17) is 5.73 Å². The lowest BCUT2D eigenvalue weighted by Gasteiger charge is -2.06. The Morgan fingerprint density at radius 2 is 2.13 bits per heavy atom. The van der Waals surface area contributed by atoms with Crippen molar-refractivity contribution in [2.24, 2.45) is 5.73 Å². The summed E-state index contributed by atoms with van der Waals surface area (Å²) in [6.07, 6.45) is 3.19. The summed E-state index contributed by atoms with van der Waals surface area (Å²) in [6.45, 7) is 0.468. The van der Waals surface area contributed by atoms with Crippen molar-refractivity contribution in [3.8, 4) is 11.1 Å². The quantitative estimate of drug-likeness (QED) is 0.758. The van der Waals surface area contributed by atoms with Crippen LogP contribution in [-0.4, -0.2) is 9.97 Å². The van der Waals surface area contributed by atoms with Gasteiger partial charge in [-0.25, -0.2) is 9.78 Å². The predicted octanol–water partition coefficient (Wildman–Crippen LogP) is 0.896. The minimum atomic E-state index is -0.344. The van der Waals surface area contributed by atoms with Crippen molar-refractivity contribution in [1.82, 2.24) is 9.97 Å². The molecule has 15 heavy (non-hydrogen) atoms. The third-order valence-corrected chi connectivity index (χ3v) is 2.22. The number of benzene rings is 1. The molecular weight excluding hydrogens is 190 g/mol. The van der Waals surface area contributed by atoms with Gasteiger partial charge in [-0.15, -0.1) is 0 Å². The van der Waals surface area contributed by atoms with Gasteiger partial charge in [0.25, 0.3) is 0 Å². The van der Waals surface area contributed by atoms with Crippen LogP contribution in [0, 0.1) is 0 Å². The Bertz CT molecular complexity index is 499. The molecule has 4 heteroatoms. The van der Waals surface area contributed by atoms with Crippen LogP contribution in [0.4, 0.5) is 0 Å². The maximum absolute atomic E-state index is 10.8. The van der Waals surface area contributed by atoms with Crippen molar-refractivity contribution in [1.29, 1.82) is 0 Å². The molecule has 0 bridgehead atoms. The van der Waals surface area contributed by atoms with Crippen molar-refractivity contribution in [3.63, 3.8) is 0 Å². The molecule has 3 N–H and O–H groups in total. The van der Waals surface area contributed by atoms with E-state index in [0.29, 0.717) is 6.54 Å². The zero-order chi connectivity index (χ0) is 10.7. The molecule has 1 aromatic heterocycles.